The first-order valence-corrected chi connectivity index (χ1v) is 8.28. The van der Waals surface area contributed by atoms with Gasteiger partial charge in [0.15, 0.2) is 0 Å². The Morgan fingerprint density at radius 2 is 2.14 bits per heavy atom. The van der Waals surface area contributed by atoms with Crippen molar-refractivity contribution in [2.45, 2.75) is 59.3 Å². The van der Waals surface area contributed by atoms with Gasteiger partial charge in [0.05, 0.1) is 0 Å². The lowest BCUT2D eigenvalue weighted by molar-refractivity contribution is -0.104. The molecule has 4 unspecified atom stereocenters. The lowest BCUT2D eigenvalue weighted by Gasteiger charge is -2.58. The maximum Gasteiger partial charge on any atom is 0.145 e. The van der Waals surface area contributed by atoms with Crippen molar-refractivity contribution >= 4 is 6.29 Å². The first-order valence-electron chi connectivity index (χ1n) is 8.28. The summed E-state index contributed by atoms with van der Waals surface area (Å²) in [4.78, 5) is 10.8. The van der Waals surface area contributed by atoms with Gasteiger partial charge in [0.2, 0.25) is 0 Å². The van der Waals surface area contributed by atoms with Crippen molar-refractivity contribution in [2.75, 3.05) is 6.61 Å². The van der Waals surface area contributed by atoms with Crippen LogP contribution < -0.4 is 0 Å². The summed E-state index contributed by atoms with van der Waals surface area (Å²) in [5, 5.41) is 9.93. The lowest BCUT2D eigenvalue weighted by atomic mass is 9.47. The predicted octanol–water partition coefficient (Wildman–Crippen LogP) is 4.29. The topological polar surface area (TPSA) is 37.3 Å². The van der Waals surface area contributed by atoms with E-state index in [1.54, 1.807) is 0 Å². The highest BCUT2D eigenvalue weighted by Crippen LogP contribution is 2.61. The molecule has 2 aliphatic carbocycles. The van der Waals surface area contributed by atoms with E-state index in [0.29, 0.717) is 11.8 Å². The van der Waals surface area contributed by atoms with E-state index in [0.717, 1.165) is 37.5 Å². The van der Waals surface area contributed by atoms with E-state index in [2.05, 4.69) is 26.5 Å². The standard InChI is InChI=1S/C19H30O2/c1-14(12-20)6-8-16-15(2)7-9-17-18(3,13-21)10-5-11-19(16,17)4/h6,12,16-17,21H,2,5,7-11,13H2,1,3-4H3. The number of hydrogen-bond donors (Lipinski definition) is 1. The van der Waals surface area contributed by atoms with Crippen molar-refractivity contribution in [1.82, 2.24) is 0 Å². The number of allylic oxidation sites excluding steroid dienone is 3. The van der Waals surface area contributed by atoms with E-state index in [-0.39, 0.29) is 17.4 Å². The van der Waals surface area contributed by atoms with Crippen molar-refractivity contribution < 1.29 is 9.90 Å². The Bertz CT molecular complexity index is 450. The number of carbonyl (C=O) groups excluding carboxylic acids is 1. The van der Waals surface area contributed by atoms with Crippen LogP contribution in [0.1, 0.15) is 59.3 Å². The molecule has 2 nitrogen and oxygen atoms in total. The molecular formula is C19H30O2. The van der Waals surface area contributed by atoms with Gasteiger partial charge in [-0.15, -0.1) is 0 Å². The second-order valence-electron chi connectivity index (χ2n) is 7.78. The van der Waals surface area contributed by atoms with Crippen LogP contribution in [0.25, 0.3) is 0 Å². The fourth-order valence-corrected chi connectivity index (χ4v) is 5.06. The van der Waals surface area contributed by atoms with E-state index in [1.165, 1.54) is 18.4 Å². The molecule has 2 heteroatoms. The van der Waals surface area contributed by atoms with Gasteiger partial charge in [0, 0.05) is 6.61 Å². The first-order chi connectivity index (χ1) is 9.87. The number of aliphatic hydroxyl groups is 1. The smallest absolute Gasteiger partial charge is 0.145 e. The number of aldehydes is 1. The van der Waals surface area contributed by atoms with E-state index in [4.69, 9.17) is 0 Å². The van der Waals surface area contributed by atoms with Crippen molar-refractivity contribution in [3.8, 4) is 0 Å². The number of rotatable bonds is 4. The summed E-state index contributed by atoms with van der Waals surface area (Å²) >= 11 is 0. The van der Waals surface area contributed by atoms with Crippen LogP contribution in [0.4, 0.5) is 0 Å². The lowest BCUT2D eigenvalue weighted by Crippen LogP contribution is -2.51. The third kappa shape index (κ3) is 2.88. The van der Waals surface area contributed by atoms with E-state index in [1.807, 2.05) is 6.92 Å². The third-order valence-electron chi connectivity index (χ3n) is 6.37. The molecule has 0 amide bonds. The van der Waals surface area contributed by atoms with E-state index < -0.39 is 0 Å². The first kappa shape index (κ1) is 16.5. The average Bonchev–Trinajstić information content (AvgIpc) is 2.45. The number of carbonyl (C=O) groups is 1. The average molecular weight is 290 g/mol. The van der Waals surface area contributed by atoms with Crippen LogP contribution in [-0.4, -0.2) is 18.0 Å². The minimum Gasteiger partial charge on any atom is -0.396 e. The number of hydrogen-bond acceptors (Lipinski definition) is 2. The third-order valence-corrected chi connectivity index (χ3v) is 6.37. The zero-order chi connectivity index (χ0) is 15.7. The summed E-state index contributed by atoms with van der Waals surface area (Å²) < 4.78 is 0. The van der Waals surface area contributed by atoms with Gasteiger partial charge in [-0.25, -0.2) is 0 Å². The van der Waals surface area contributed by atoms with Gasteiger partial charge in [0.1, 0.15) is 6.29 Å². The monoisotopic (exact) mass is 290 g/mol. The molecule has 0 aliphatic heterocycles. The summed E-state index contributed by atoms with van der Waals surface area (Å²) in [5.74, 6) is 1.00. The number of fused-ring (bicyclic) bond motifs is 1. The molecular weight excluding hydrogens is 260 g/mol. The van der Waals surface area contributed by atoms with Gasteiger partial charge in [0.25, 0.3) is 0 Å². The maximum absolute atomic E-state index is 10.8. The van der Waals surface area contributed by atoms with Crippen LogP contribution in [0, 0.1) is 22.7 Å². The Morgan fingerprint density at radius 1 is 1.43 bits per heavy atom. The zero-order valence-corrected chi connectivity index (χ0v) is 13.8. The minimum atomic E-state index is 0.0510. The summed E-state index contributed by atoms with van der Waals surface area (Å²) in [6, 6.07) is 0. The van der Waals surface area contributed by atoms with Gasteiger partial charge < -0.3 is 5.11 Å². The highest BCUT2D eigenvalue weighted by Gasteiger charge is 2.53. The summed E-state index contributed by atoms with van der Waals surface area (Å²) in [5.41, 5.74) is 2.42. The predicted molar refractivity (Wildman–Crippen MR) is 86.9 cm³/mol. The molecule has 2 fully saturated rings. The van der Waals surface area contributed by atoms with Gasteiger partial charge in [-0.2, -0.15) is 0 Å². The zero-order valence-electron chi connectivity index (χ0n) is 13.8. The van der Waals surface area contributed by atoms with Crippen LogP contribution in [0.15, 0.2) is 23.8 Å². The molecule has 2 saturated carbocycles. The molecule has 0 aromatic carbocycles. The van der Waals surface area contributed by atoms with Crippen LogP contribution in [-0.2, 0) is 4.79 Å². The quantitative estimate of drug-likeness (QED) is 0.476. The van der Waals surface area contributed by atoms with Gasteiger partial charge in [-0.05, 0) is 67.3 Å². The Morgan fingerprint density at radius 3 is 2.76 bits per heavy atom. The van der Waals surface area contributed by atoms with Crippen molar-refractivity contribution in [1.29, 1.82) is 0 Å². The highest BCUT2D eigenvalue weighted by atomic mass is 16.3. The molecule has 118 valence electrons. The molecule has 2 aliphatic rings. The van der Waals surface area contributed by atoms with Crippen LogP contribution >= 0.6 is 0 Å². The molecule has 0 spiro atoms. The number of aliphatic hydroxyl groups excluding tert-OH is 1. The maximum atomic E-state index is 10.8. The SMILES string of the molecule is C=C1CCC2C(C)(CO)CCCC2(C)C1CC=C(C)C=O. The summed E-state index contributed by atoms with van der Waals surface area (Å²) in [6.07, 6.45) is 9.67. The van der Waals surface area contributed by atoms with E-state index >= 15 is 0 Å². The van der Waals surface area contributed by atoms with Crippen LogP contribution in [0.3, 0.4) is 0 Å². The Kier molecular flexibility index (Phi) is 4.77. The van der Waals surface area contributed by atoms with E-state index in [9.17, 15) is 9.90 Å². The van der Waals surface area contributed by atoms with Gasteiger partial charge in [-0.1, -0.05) is 38.5 Å². The molecule has 0 radical (unpaired) electrons. The molecule has 4 atom stereocenters. The van der Waals surface area contributed by atoms with Crippen LogP contribution in [0.2, 0.25) is 0 Å². The van der Waals surface area contributed by atoms with Crippen molar-refractivity contribution in [3.63, 3.8) is 0 Å². The van der Waals surface area contributed by atoms with Crippen molar-refractivity contribution in [2.24, 2.45) is 22.7 Å². The molecule has 0 heterocycles. The Hall–Kier alpha value is -0.890. The van der Waals surface area contributed by atoms with Crippen LogP contribution in [0.5, 0.6) is 0 Å². The van der Waals surface area contributed by atoms with Gasteiger partial charge >= 0.3 is 0 Å². The fourth-order valence-electron chi connectivity index (χ4n) is 5.06. The largest absolute Gasteiger partial charge is 0.396 e. The normalized spacial score (nSPS) is 40.8. The Balaban J connectivity index is 2.31. The molecule has 21 heavy (non-hydrogen) atoms. The summed E-state index contributed by atoms with van der Waals surface area (Å²) in [7, 11) is 0. The van der Waals surface area contributed by atoms with Crippen molar-refractivity contribution in [3.05, 3.63) is 23.8 Å². The molecule has 2 rings (SSSR count). The Labute approximate surface area is 129 Å². The molecule has 0 saturated heterocycles. The van der Waals surface area contributed by atoms with Gasteiger partial charge in [-0.3, -0.25) is 4.79 Å². The summed E-state index contributed by atoms with van der Waals surface area (Å²) in [6.45, 7) is 11.1. The highest BCUT2D eigenvalue weighted by molar-refractivity contribution is 5.71. The molecule has 1 N–H and O–H groups in total. The molecule has 0 bridgehead atoms. The molecule has 0 aromatic heterocycles. The second-order valence-corrected chi connectivity index (χ2v) is 7.78. The fraction of sp³-hybridized carbons (Fsp3) is 0.737. The molecule has 0 aromatic rings. The second kappa shape index (κ2) is 6.08. The minimum absolute atomic E-state index is 0.0510.